The molecule has 5 nitrogen and oxygen atoms in total. The Labute approximate surface area is 149 Å². The van der Waals surface area contributed by atoms with E-state index in [1.165, 1.54) is 0 Å². The van der Waals surface area contributed by atoms with Crippen LogP contribution >= 0.6 is 0 Å². The van der Waals surface area contributed by atoms with Crippen molar-refractivity contribution < 1.29 is 14.3 Å². The molecule has 0 saturated carbocycles. The zero-order valence-electron chi connectivity index (χ0n) is 15.2. The average molecular weight is 342 g/mol. The second-order valence-corrected chi connectivity index (χ2v) is 6.14. The Kier molecular flexibility index (Phi) is 6.69. The molecule has 2 aromatic rings. The predicted octanol–water partition coefficient (Wildman–Crippen LogP) is 4.04. The van der Waals surface area contributed by atoms with Crippen molar-refractivity contribution >= 4 is 6.03 Å². The molecule has 2 aromatic carbocycles. The van der Waals surface area contributed by atoms with Gasteiger partial charge in [0.25, 0.3) is 0 Å². The van der Waals surface area contributed by atoms with Gasteiger partial charge in [-0.15, -0.1) is 0 Å². The fourth-order valence-electron chi connectivity index (χ4n) is 2.39. The third-order valence-corrected chi connectivity index (χ3v) is 3.69. The molecule has 2 N–H and O–H groups in total. The highest BCUT2D eigenvalue weighted by Crippen LogP contribution is 2.20. The fraction of sp³-hybridized carbons (Fsp3) is 0.350. The van der Waals surface area contributed by atoms with Gasteiger partial charge in [-0.1, -0.05) is 24.3 Å². The SMILES string of the molecule is COc1ccc(CNC(=O)NC(C)c2cccc(OC(C)C)c2)cc1. The van der Waals surface area contributed by atoms with E-state index in [4.69, 9.17) is 9.47 Å². The summed E-state index contributed by atoms with van der Waals surface area (Å²) >= 11 is 0. The Morgan fingerprint density at radius 2 is 1.76 bits per heavy atom. The fourth-order valence-corrected chi connectivity index (χ4v) is 2.39. The lowest BCUT2D eigenvalue weighted by Crippen LogP contribution is -2.36. The number of carbonyl (C=O) groups is 1. The van der Waals surface area contributed by atoms with E-state index in [-0.39, 0.29) is 18.2 Å². The summed E-state index contributed by atoms with van der Waals surface area (Å²) in [5.74, 6) is 1.60. The van der Waals surface area contributed by atoms with Crippen LogP contribution in [0, 0.1) is 0 Å². The van der Waals surface area contributed by atoms with Crippen molar-refractivity contribution in [1.29, 1.82) is 0 Å². The summed E-state index contributed by atoms with van der Waals surface area (Å²) in [5.41, 5.74) is 2.01. The Morgan fingerprint density at radius 1 is 1.04 bits per heavy atom. The number of methoxy groups -OCH3 is 1. The van der Waals surface area contributed by atoms with Gasteiger partial charge in [0.15, 0.2) is 0 Å². The number of carbonyl (C=O) groups excluding carboxylic acids is 1. The monoisotopic (exact) mass is 342 g/mol. The number of hydrogen-bond acceptors (Lipinski definition) is 3. The van der Waals surface area contributed by atoms with Crippen LogP contribution in [0.15, 0.2) is 48.5 Å². The van der Waals surface area contributed by atoms with E-state index in [1.54, 1.807) is 7.11 Å². The van der Waals surface area contributed by atoms with E-state index >= 15 is 0 Å². The Balaban J connectivity index is 1.86. The maximum Gasteiger partial charge on any atom is 0.315 e. The molecule has 0 bridgehead atoms. The maximum atomic E-state index is 12.1. The van der Waals surface area contributed by atoms with Crippen molar-refractivity contribution in [2.75, 3.05) is 7.11 Å². The summed E-state index contributed by atoms with van der Waals surface area (Å²) in [6.07, 6.45) is 0.117. The minimum absolute atomic E-state index is 0.117. The van der Waals surface area contributed by atoms with Crippen molar-refractivity contribution in [2.24, 2.45) is 0 Å². The van der Waals surface area contributed by atoms with Crippen LogP contribution in [0.25, 0.3) is 0 Å². The predicted molar refractivity (Wildman–Crippen MR) is 99.0 cm³/mol. The van der Waals surface area contributed by atoms with Gasteiger partial charge >= 0.3 is 6.03 Å². The van der Waals surface area contributed by atoms with Crippen molar-refractivity contribution in [1.82, 2.24) is 10.6 Å². The van der Waals surface area contributed by atoms with Crippen LogP contribution in [-0.2, 0) is 6.54 Å². The van der Waals surface area contributed by atoms with Crippen LogP contribution in [0.3, 0.4) is 0 Å². The molecule has 0 aliphatic heterocycles. The summed E-state index contributed by atoms with van der Waals surface area (Å²) in [7, 11) is 1.63. The molecule has 25 heavy (non-hydrogen) atoms. The lowest BCUT2D eigenvalue weighted by molar-refractivity contribution is 0.236. The van der Waals surface area contributed by atoms with Crippen LogP contribution in [-0.4, -0.2) is 19.2 Å². The minimum Gasteiger partial charge on any atom is -0.497 e. The van der Waals surface area contributed by atoms with Gasteiger partial charge < -0.3 is 20.1 Å². The summed E-state index contributed by atoms with van der Waals surface area (Å²) < 4.78 is 10.8. The minimum atomic E-state index is -0.210. The second-order valence-electron chi connectivity index (χ2n) is 6.14. The highest BCUT2D eigenvalue weighted by Gasteiger charge is 2.10. The van der Waals surface area contributed by atoms with Crippen molar-refractivity contribution in [3.63, 3.8) is 0 Å². The Morgan fingerprint density at radius 3 is 2.40 bits per heavy atom. The topological polar surface area (TPSA) is 59.6 Å². The molecule has 0 spiro atoms. The summed E-state index contributed by atoms with van der Waals surface area (Å²) in [6.45, 7) is 6.38. The number of rotatable bonds is 7. The maximum absolute atomic E-state index is 12.1. The average Bonchev–Trinajstić information content (AvgIpc) is 2.60. The molecule has 1 atom stereocenters. The van der Waals surface area contributed by atoms with Gasteiger partial charge in [-0.2, -0.15) is 0 Å². The van der Waals surface area contributed by atoms with Gasteiger partial charge in [0.2, 0.25) is 0 Å². The molecule has 0 radical (unpaired) electrons. The van der Waals surface area contributed by atoms with E-state index in [0.29, 0.717) is 6.54 Å². The first-order valence-corrected chi connectivity index (χ1v) is 8.42. The molecule has 0 saturated heterocycles. The molecule has 5 heteroatoms. The molecule has 2 amide bonds. The van der Waals surface area contributed by atoms with Crippen LogP contribution in [0.5, 0.6) is 11.5 Å². The normalized spacial score (nSPS) is 11.7. The smallest absolute Gasteiger partial charge is 0.315 e. The van der Waals surface area contributed by atoms with Gasteiger partial charge in [0.05, 0.1) is 19.3 Å². The molecular formula is C20H26N2O3. The third-order valence-electron chi connectivity index (χ3n) is 3.69. The number of amides is 2. The van der Waals surface area contributed by atoms with Gasteiger partial charge in [0.1, 0.15) is 11.5 Å². The first kappa shape index (κ1) is 18.6. The molecule has 134 valence electrons. The van der Waals surface area contributed by atoms with E-state index < -0.39 is 0 Å². The number of ether oxygens (including phenoxy) is 2. The van der Waals surface area contributed by atoms with Crippen molar-refractivity contribution in [3.8, 4) is 11.5 Å². The molecule has 0 heterocycles. The lowest BCUT2D eigenvalue weighted by Gasteiger charge is -2.17. The van der Waals surface area contributed by atoms with E-state index in [0.717, 1.165) is 22.6 Å². The molecule has 0 aliphatic carbocycles. The molecule has 0 aliphatic rings. The number of hydrogen-bond donors (Lipinski definition) is 2. The summed E-state index contributed by atoms with van der Waals surface area (Å²) in [4.78, 5) is 12.1. The van der Waals surface area contributed by atoms with Crippen molar-refractivity contribution in [2.45, 2.75) is 39.5 Å². The van der Waals surface area contributed by atoms with E-state index in [2.05, 4.69) is 10.6 Å². The third kappa shape index (κ3) is 6.03. The van der Waals surface area contributed by atoms with Gasteiger partial charge in [-0.25, -0.2) is 4.79 Å². The quantitative estimate of drug-likeness (QED) is 0.798. The first-order valence-electron chi connectivity index (χ1n) is 8.42. The highest BCUT2D eigenvalue weighted by molar-refractivity contribution is 5.74. The standard InChI is InChI=1S/C20H26N2O3/c1-14(2)25-19-7-5-6-17(12-19)15(3)22-20(23)21-13-16-8-10-18(24-4)11-9-16/h5-12,14-15H,13H2,1-4H3,(H2,21,22,23). The molecular weight excluding hydrogens is 316 g/mol. The summed E-state index contributed by atoms with van der Waals surface area (Å²) in [6, 6.07) is 15.0. The van der Waals surface area contributed by atoms with Gasteiger partial charge in [-0.05, 0) is 56.2 Å². The molecule has 2 rings (SSSR count). The van der Waals surface area contributed by atoms with Gasteiger partial charge in [-0.3, -0.25) is 0 Å². The van der Waals surface area contributed by atoms with Gasteiger partial charge in [0, 0.05) is 6.54 Å². The van der Waals surface area contributed by atoms with Crippen LogP contribution in [0.1, 0.15) is 37.9 Å². The van der Waals surface area contributed by atoms with Crippen LogP contribution in [0.4, 0.5) is 4.79 Å². The Hall–Kier alpha value is -2.69. The first-order chi connectivity index (χ1) is 12.0. The van der Waals surface area contributed by atoms with Crippen LogP contribution in [0.2, 0.25) is 0 Å². The lowest BCUT2D eigenvalue weighted by atomic mass is 10.1. The van der Waals surface area contributed by atoms with Crippen molar-refractivity contribution in [3.05, 3.63) is 59.7 Å². The number of urea groups is 1. The number of benzene rings is 2. The number of nitrogens with one attached hydrogen (secondary N) is 2. The zero-order valence-corrected chi connectivity index (χ0v) is 15.2. The second kappa shape index (κ2) is 8.97. The Bertz CT molecular complexity index is 684. The van der Waals surface area contributed by atoms with E-state index in [1.807, 2.05) is 69.3 Å². The zero-order chi connectivity index (χ0) is 18.2. The largest absolute Gasteiger partial charge is 0.497 e. The molecule has 1 unspecified atom stereocenters. The molecule has 0 aromatic heterocycles. The highest BCUT2D eigenvalue weighted by atomic mass is 16.5. The summed E-state index contributed by atoms with van der Waals surface area (Å²) in [5, 5.41) is 5.80. The van der Waals surface area contributed by atoms with E-state index in [9.17, 15) is 4.79 Å². The van der Waals surface area contributed by atoms with Crippen LogP contribution < -0.4 is 20.1 Å². The molecule has 0 fully saturated rings.